The molecule has 0 aromatic heterocycles. The molecule has 1 saturated heterocycles. The second kappa shape index (κ2) is 8.56. The number of nitrogens with zero attached hydrogens (tertiary/aromatic N) is 1. The van der Waals surface area contributed by atoms with Gasteiger partial charge in [0.15, 0.2) is 6.29 Å². The SMILES string of the molecule is COC(CNCCC1CCCN1C(=O)OC(C)(C)C)OC. The van der Waals surface area contributed by atoms with Gasteiger partial charge in [-0.3, -0.25) is 0 Å². The first-order chi connectivity index (χ1) is 9.87. The lowest BCUT2D eigenvalue weighted by Crippen LogP contribution is -2.41. The van der Waals surface area contributed by atoms with E-state index in [0.29, 0.717) is 6.54 Å². The van der Waals surface area contributed by atoms with Crippen molar-refractivity contribution in [1.29, 1.82) is 0 Å². The summed E-state index contributed by atoms with van der Waals surface area (Å²) in [6.45, 7) is 7.95. The van der Waals surface area contributed by atoms with Gasteiger partial charge in [0.1, 0.15) is 5.60 Å². The maximum atomic E-state index is 12.1. The largest absolute Gasteiger partial charge is 0.444 e. The zero-order chi connectivity index (χ0) is 15.9. The van der Waals surface area contributed by atoms with E-state index in [4.69, 9.17) is 14.2 Å². The minimum absolute atomic E-state index is 0.198. The Labute approximate surface area is 128 Å². The number of hydrogen-bond donors (Lipinski definition) is 1. The molecule has 6 nitrogen and oxygen atoms in total. The van der Waals surface area contributed by atoms with Crippen molar-refractivity contribution in [3.8, 4) is 0 Å². The molecule has 0 aliphatic carbocycles. The second-order valence-corrected chi connectivity index (χ2v) is 6.36. The molecule has 0 aromatic rings. The fourth-order valence-corrected chi connectivity index (χ4v) is 2.45. The van der Waals surface area contributed by atoms with Crippen LogP contribution in [0.5, 0.6) is 0 Å². The van der Waals surface area contributed by atoms with Crippen LogP contribution in [-0.2, 0) is 14.2 Å². The van der Waals surface area contributed by atoms with E-state index in [2.05, 4.69) is 5.32 Å². The summed E-state index contributed by atoms with van der Waals surface area (Å²) in [6.07, 6.45) is 2.58. The van der Waals surface area contributed by atoms with Crippen molar-refractivity contribution in [2.75, 3.05) is 33.9 Å². The van der Waals surface area contributed by atoms with Crippen molar-refractivity contribution in [2.24, 2.45) is 0 Å². The number of nitrogens with one attached hydrogen (secondary N) is 1. The number of methoxy groups -OCH3 is 2. The molecule has 1 aliphatic heterocycles. The number of carbonyl (C=O) groups excluding carboxylic acids is 1. The van der Waals surface area contributed by atoms with Gasteiger partial charge in [0.05, 0.1) is 0 Å². The highest BCUT2D eigenvalue weighted by atomic mass is 16.7. The summed E-state index contributed by atoms with van der Waals surface area (Å²) in [5, 5.41) is 3.29. The van der Waals surface area contributed by atoms with E-state index in [1.807, 2.05) is 25.7 Å². The van der Waals surface area contributed by atoms with Crippen LogP contribution in [0.3, 0.4) is 0 Å². The van der Waals surface area contributed by atoms with Crippen molar-refractivity contribution in [1.82, 2.24) is 10.2 Å². The first-order valence-electron chi connectivity index (χ1n) is 7.63. The fourth-order valence-electron chi connectivity index (χ4n) is 2.45. The molecule has 124 valence electrons. The Morgan fingerprint density at radius 2 is 2.00 bits per heavy atom. The van der Waals surface area contributed by atoms with E-state index in [1.54, 1.807) is 14.2 Å². The lowest BCUT2D eigenvalue weighted by Gasteiger charge is -2.28. The highest BCUT2D eigenvalue weighted by molar-refractivity contribution is 5.68. The zero-order valence-electron chi connectivity index (χ0n) is 14.0. The molecule has 1 unspecified atom stereocenters. The van der Waals surface area contributed by atoms with E-state index in [9.17, 15) is 4.79 Å². The van der Waals surface area contributed by atoms with Crippen LogP contribution < -0.4 is 5.32 Å². The van der Waals surface area contributed by atoms with Gasteiger partial charge in [-0.15, -0.1) is 0 Å². The van der Waals surface area contributed by atoms with Crippen molar-refractivity contribution in [3.63, 3.8) is 0 Å². The fraction of sp³-hybridized carbons (Fsp3) is 0.933. The Kier molecular flexibility index (Phi) is 7.42. The molecule has 0 radical (unpaired) electrons. The van der Waals surface area contributed by atoms with E-state index in [-0.39, 0.29) is 18.4 Å². The Morgan fingerprint density at radius 3 is 2.57 bits per heavy atom. The molecule has 1 fully saturated rings. The Balaban J connectivity index is 2.32. The van der Waals surface area contributed by atoms with E-state index >= 15 is 0 Å². The summed E-state index contributed by atoms with van der Waals surface area (Å²) < 4.78 is 15.7. The van der Waals surface area contributed by atoms with E-state index in [1.165, 1.54) is 0 Å². The maximum absolute atomic E-state index is 12.1. The van der Waals surface area contributed by atoms with Crippen LogP contribution >= 0.6 is 0 Å². The predicted octanol–water partition coefficient (Wildman–Crippen LogP) is 1.98. The normalized spacial score (nSPS) is 19.3. The molecule has 0 aromatic carbocycles. The van der Waals surface area contributed by atoms with E-state index < -0.39 is 5.60 Å². The molecule has 1 amide bonds. The summed E-state index contributed by atoms with van der Waals surface area (Å²) in [7, 11) is 3.24. The van der Waals surface area contributed by atoms with Crippen molar-refractivity contribution >= 4 is 6.09 Å². The topological polar surface area (TPSA) is 60.0 Å². The van der Waals surface area contributed by atoms with Crippen LogP contribution in [0.25, 0.3) is 0 Å². The maximum Gasteiger partial charge on any atom is 0.410 e. The number of likely N-dealkylation sites (tertiary alicyclic amines) is 1. The van der Waals surface area contributed by atoms with Gasteiger partial charge in [-0.1, -0.05) is 0 Å². The van der Waals surface area contributed by atoms with Crippen molar-refractivity contribution in [3.05, 3.63) is 0 Å². The van der Waals surface area contributed by atoms with Crippen LogP contribution in [0, 0.1) is 0 Å². The van der Waals surface area contributed by atoms with E-state index in [0.717, 1.165) is 32.4 Å². The highest BCUT2D eigenvalue weighted by Gasteiger charge is 2.31. The number of carbonyl (C=O) groups is 1. The Hall–Kier alpha value is -0.850. The van der Waals surface area contributed by atoms with Gasteiger partial charge in [-0.25, -0.2) is 4.79 Å². The molecule has 1 rings (SSSR count). The summed E-state index contributed by atoms with van der Waals surface area (Å²) in [5.41, 5.74) is -0.438. The Bertz CT molecular complexity index is 313. The molecule has 0 spiro atoms. The van der Waals surface area contributed by atoms with Gasteiger partial charge in [-0.05, 0) is 46.6 Å². The molecule has 0 bridgehead atoms. The van der Waals surface area contributed by atoms with Crippen LogP contribution in [-0.4, -0.2) is 62.8 Å². The lowest BCUT2D eigenvalue weighted by molar-refractivity contribution is -0.0987. The van der Waals surface area contributed by atoms with Crippen LogP contribution in [0.15, 0.2) is 0 Å². The summed E-state index contributed by atoms with van der Waals surface area (Å²) >= 11 is 0. The number of rotatable bonds is 7. The quantitative estimate of drug-likeness (QED) is 0.575. The molecule has 1 atom stereocenters. The van der Waals surface area contributed by atoms with Crippen molar-refractivity contribution < 1.29 is 19.0 Å². The first kappa shape index (κ1) is 18.2. The van der Waals surface area contributed by atoms with Crippen LogP contribution in [0.1, 0.15) is 40.0 Å². The standard InChI is InChI=1S/C15H30N2O4/c1-15(2,3)21-14(18)17-10-6-7-12(17)8-9-16-11-13(19-4)20-5/h12-13,16H,6-11H2,1-5H3. The third-order valence-electron chi connectivity index (χ3n) is 3.50. The molecular formula is C15H30N2O4. The van der Waals surface area contributed by atoms with Crippen LogP contribution in [0.4, 0.5) is 4.79 Å². The van der Waals surface area contributed by atoms with Gasteiger partial charge < -0.3 is 24.4 Å². The molecule has 21 heavy (non-hydrogen) atoms. The molecule has 1 heterocycles. The lowest BCUT2D eigenvalue weighted by atomic mass is 10.1. The van der Waals surface area contributed by atoms with Crippen LogP contribution in [0.2, 0.25) is 0 Å². The van der Waals surface area contributed by atoms with Gasteiger partial charge in [0.25, 0.3) is 0 Å². The number of ether oxygens (including phenoxy) is 3. The monoisotopic (exact) mass is 302 g/mol. The average Bonchev–Trinajstić information content (AvgIpc) is 2.85. The average molecular weight is 302 g/mol. The summed E-state index contributed by atoms with van der Waals surface area (Å²) in [6, 6.07) is 0.260. The minimum atomic E-state index is -0.438. The molecular weight excluding hydrogens is 272 g/mol. The molecule has 6 heteroatoms. The predicted molar refractivity (Wildman–Crippen MR) is 81.3 cm³/mol. The number of hydrogen-bond acceptors (Lipinski definition) is 5. The summed E-state index contributed by atoms with van der Waals surface area (Å²) in [4.78, 5) is 14.0. The second-order valence-electron chi connectivity index (χ2n) is 6.36. The zero-order valence-corrected chi connectivity index (χ0v) is 14.0. The third-order valence-corrected chi connectivity index (χ3v) is 3.50. The minimum Gasteiger partial charge on any atom is -0.444 e. The van der Waals surface area contributed by atoms with Crippen molar-refractivity contribution in [2.45, 2.75) is 58.0 Å². The first-order valence-corrected chi connectivity index (χ1v) is 7.63. The van der Waals surface area contributed by atoms with Gasteiger partial charge in [-0.2, -0.15) is 0 Å². The van der Waals surface area contributed by atoms with Gasteiger partial charge in [0, 0.05) is 33.4 Å². The summed E-state index contributed by atoms with van der Waals surface area (Å²) in [5.74, 6) is 0. The molecule has 1 aliphatic rings. The third kappa shape index (κ3) is 6.63. The number of amides is 1. The molecule has 1 N–H and O–H groups in total. The van der Waals surface area contributed by atoms with Gasteiger partial charge in [0.2, 0.25) is 0 Å². The smallest absolute Gasteiger partial charge is 0.410 e. The Morgan fingerprint density at radius 1 is 1.33 bits per heavy atom. The molecule has 0 saturated carbocycles. The van der Waals surface area contributed by atoms with Gasteiger partial charge >= 0.3 is 6.09 Å². The highest BCUT2D eigenvalue weighted by Crippen LogP contribution is 2.22.